The summed E-state index contributed by atoms with van der Waals surface area (Å²) in [5.74, 6) is -0.528. The molecule has 0 aromatic heterocycles. The van der Waals surface area contributed by atoms with Crippen LogP contribution in [0.25, 0.3) is 0 Å². The summed E-state index contributed by atoms with van der Waals surface area (Å²) >= 11 is 0. The Morgan fingerprint density at radius 3 is 2.39 bits per heavy atom. The van der Waals surface area contributed by atoms with E-state index in [0.29, 0.717) is 39.0 Å². The fraction of sp³-hybridized carbons (Fsp3) is 0.381. The minimum absolute atomic E-state index is 0.00326. The van der Waals surface area contributed by atoms with Crippen LogP contribution >= 0.6 is 0 Å². The van der Waals surface area contributed by atoms with Crippen LogP contribution in [0.5, 0.6) is 0 Å². The first kappa shape index (κ1) is 20.5. The molecule has 0 unspecified atom stereocenters. The zero-order valence-electron chi connectivity index (χ0n) is 15.9. The minimum Gasteiger partial charge on any atom is -0.338 e. The predicted molar refractivity (Wildman–Crippen MR) is 105 cm³/mol. The van der Waals surface area contributed by atoms with E-state index < -0.39 is 10.0 Å². The van der Waals surface area contributed by atoms with E-state index in [-0.39, 0.29) is 22.5 Å². The minimum atomic E-state index is -3.52. The topological polar surface area (TPSA) is 57.7 Å². The normalized spacial score (nSPS) is 16.1. The molecule has 1 saturated heterocycles. The van der Waals surface area contributed by atoms with Crippen molar-refractivity contribution in [1.29, 1.82) is 0 Å². The van der Waals surface area contributed by atoms with E-state index in [4.69, 9.17) is 0 Å². The number of amides is 1. The summed E-state index contributed by atoms with van der Waals surface area (Å²) in [7, 11) is -3.52. The molecule has 0 atom stereocenters. The predicted octanol–water partition coefficient (Wildman–Crippen LogP) is 3.28. The summed E-state index contributed by atoms with van der Waals surface area (Å²) in [4.78, 5) is 14.9. The van der Waals surface area contributed by atoms with Crippen LogP contribution in [-0.4, -0.2) is 43.2 Å². The lowest BCUT2D eigenvalue weighted by Crippen LogP contribution is -2.44. The maximum absolute atomic E-state index is 13.4. The van der Waals surface area contributed by atoms with Crippen LogP contribution in [0.3, 0.4) is 0 Å². The molecule has 2 aromatic carbocycles. The van der Waals surface area contributed by atoms with Gasteiger partial charge in [-0.2, -0.15) is 4.31 Å². The van der Waals surface area contributed by atoms with Gasteiger partial charge in [-0.3, -0.25) is 4.79 Å². The largest absolute Gasteiger partial charge is 0.338 e. The highest BCUT2D eigenvalue weighted by atomic mass is 32.2. The zero-order chi connectivity index (χ0) is 20.1. The fourth-order valence-corrected chi connectivity index (χ4v) is 5.03. The summed E-state index contributed by atoms with van der Waals surface area (Å²) in [5, 5.41) is 0. The summed E-state index contributed by atoms with van der Waals surface area (Å²) in [6, 6.07) is 14.6. The van der Waals surface area contributed by atoms with Gasteiger partial charge in [-0.1, -0.05) is 30.3 Å². The van der Waals surface area contributed by atoms with E-state index in [1.165, 1.54) is 16.4 Å². The lowest BCUT2D eigenvalue weighted by Gasteiger charge is -2.33. The van der Waals surface area contributed by atoms with Gasteiger partial charge in [0.15, 0.2) is 0 Å². The molecule has 0 spiro atoms. The van der Waals surface area contributed by atoms with E-state index in [2.05, 4.69) is 0 Å². The molecule has 0 aliphatic carbocycles. The second-order valence-corrected chi connectivity index (χ2v) is 8.91. The Morgan fingerprint density at radius 2 is 1.79 bits per heavy atom. The average Bonchev–Trinajstić information content (AvgIpc) is 2.72. The molecule has 2 aromatic rings. The number of rotatable bonds is 6. The molecular formula is C21H25FN2O3S. The monoisotopic (exact) mass is 404 g/mol. The molecule has 1 amide bonds. The van der Waals surface area contributed by atoms with Gasteiger partial charge in [0.2, 0.25) is 15.9 Å². The molecule has 1 heterocycles. The number of carbonyl (C=O) groups excluding carboxylic acids is 1. The van der Waals surface area contributed by atoms with Gasteiger partial charge in [0.25, 0.3) is 0 Å². The first-order valence-corrected chi connectivity index (χ1v) is 10.9. The molecule has 7 heteroatoms. The van der Waals surface area contributed by atoms with E-state index in [0.717, 1.165) is 5.56 Å². The lowest BCUT2D eigenvalue weighted by molar-refractivity contribution is -0.137. The molecule has 1 fully saturated rings. The molecule has 0 radical (unpaired) electrons. The molecule has 0 bridgehead atoms. The number of carbonyl (C=O) groups is 1. The van der Waals surface area contributed by atoms with Gasteiger partial charge < -0.3 is 4.90 Å². The number of piperidine rings is 1. The van der Waals surface area contributed by atoms with Crippen molar-refractivity contribution >= 4 is 15.9 Å². The maximum Gasteiger partial charge on any atom is 0.243 e. The number of benzene rings is 2. The van der Waals surface area contributed by atoms with Gasteiger partial charge >= 0.3 is 0 Å². The van der Waals surface area contributed by atoms with Crippen molar-refractivity contribution < 1.29 is 17.6 Å². The van der Waals surface area contributed by atoms with Gasteiger partial charge in [-0.25, -0.2) is 12.8 Å². The van der Waals surface area contributed by atoms with Gasteiger partial charge in [0.05, 0.1) is 4.90 Å². The molecule has 28 heavy (non-hydrogen) atoms. The molecule has 5 nitrogen and oxygen atoms in total. The lowest BCUT2D eigenvalue weighted by atomic mass is 9.96. The number of hydrogen-bond donors (Lipinski definition) is 0. The Balaban J connectivity index is 1.62. The Labute approximate surface area is 165 Å². The first-order valence-electron chi connectivity index (χ1n) is 9.50. The van der Waals surface area contributed by atoms with Crippen LogP contribution in [0.15, 0.2) is 59.5 Å². The first-order chi connectivity index (χ1) is 13.4. The van der Waals surface area contributed by atoms with Crippen LogP contribution in [0, 0.1) is 11.7 Å². The Bertz CT molecular complexity index is 910. The molecule has 1 aliphatic heterocycles. The van der Waals surface area contributed by atoms with Crippen molar-refractivity contribution in [3.05, 3.63) is 66.0 Å². The molecule has 0 N–H and O–H groups in total. The quantitative estimate of drug-likeness (QED) is 0.743. The smallest absolute Gasteiger partial charge is 0.243 e. The van der Waals surface area contributed by atoms with Crippen molar-refractivity contribution in [2.45, 2.75) is 31.2 Å². The van der Waals surface area contributed by atoms with E-state index >= 15 is 0 Å². The second kappa shape index (κ2) is 8.84. The fourth-order valence-electron chi connectivity index (χ4n) is 3.54. The van der Waals surface area contributed by atoms with E-state index in [1.54, 1.807) is 47.4 Å². The third-order valence-electron chi connectivity index (χ3n) is 5.14. The molecular weight excluding hydrogens is 379 g/mol. The SMILES string of the molecule is CCN(Cc1cccc(F)c1)C(=O)C1CCN(S(=O)(=O)c2ccccc2)CC1. The number of halogens is 1. The third-order valence-corrected chi connectivity index (χ3v) is 7.05. The van der Waals surface area contributed by atoms with Crippen molar-refractivity contribution in [1.82, 2.24) is 9.21 Å². The van der Waals surface area contributed by atoms with Crippen molar-refractivity contribution in [3.63, 3.8) is 0 Å². The van der Waals surface area contributed by atoms with Crippen molar-refractivity contribution in [3.8, 4) is 0 Å². The molecule has 1 aliphatic rings. The maximum atomic E-state index is 13.4. The highest BCUT2D eigenvalue weighted by Gasteiger charge is 2.33. The molecule has 0 saturated carbocycles. The van der Waals surface area contributed by atoms with Crippen LogP contribution < -0.4 is 0 Å². The molecule has 3 rings (SSSR count). The number of sulfonamides is 1. The Kier molecular flexibility index (Phi) is 6.46. The van der Waals surface area contributed by atoms with Crippen molar-refractivity contribution in [2.75, 3.05) is 19.6 Å². The highest BCUT2D eigenvalue weighted by molar-refractivity contribution is 7.89. The summed E-state index contributed by atoms with van der Waals surface area (Å²) in [6.07, 6.45) is 0.981. The third kappa shape index (κ3) is 4.59. The Morgan fingerprint density at radius 1 is 1.11 bits per heavy atom. The van der Waals surface area contributed by atoms with Gasteiger partial charge in [-0.15, -0.1) is 0 Å². The standard InChI is InChI=1S/C21H25FN2O3S/c1-2-23(16-17-7-6-8-19(22)15-17)21(25)18-11-13-24(14-12-18)28(26,27)20-9-4-3-5-10-20/h3-10,15,18H,2,11-14,16H2,1H3. The van der Waals surface area contributed by atoms with Gasteiger partial charge in [0, 0.05) is 32.1 Å². The highest BCUT2D eigenvalue weighted by Crippen LogP contribution is 2.25. The van der Waals surface area contributed by atoms with Crippen LogP contribution in [0.1, 0.15) is 25.3 Å². The van der Waals surface area contributed by atoms with Crippen LogP contribution in [0.4, 0.5) is 4.39 Å². The second-order valence-electron chi connectivity index (χ2n) is 6.97. The van der Waals surface area contributed by atoms with Crippen molar-refractivity contribution in [2.24, 2.45) is 5.92 Å². The van der Waals surface area contributed by atoms with Crippen LogP contribution in [-0.2, 0) is 21.4 Å². The van der Waals surface area contributed by atoms with Gasteiger partial charge in [0.1, 0.15) is 5.82 Å². The van der Waals surface area contributed by atoms with E-state index in [1.807, 2.05) is 6.92 Å². The molecule has 150 valence electrons. The van der Waals surface area contributed by atoms with Gasteiger partial charge in [-0.05, 0) is 49.6 Å². The summed E-state index contributed by atoms with van der Waals surface area (Å²) < 4.78 is 40.3. The van der Waals surface area contributed by atoms with Crippen LogP contribution in [0.2, 0.25) is 0 Å². The number of nitrogens with zero attached hydrogens (tertiary/aromatic N) is 2. The van der Waals surface area contributed by atoms with E-state index in [9.17, 15) is 17.6 Å². The summed E-state index contributed by atoms with van der Waals surface area (Å²) in [5.41, 5.74) is 0.749. The summed E-state index contributed by atoms with van der Waals surface area (Å²) in [6.45, 7) is 3.43. The Hall–Kier alpha value is -2.25. The average molecular weight is 405 g/mol. The number of hydrogen-bond acceptors (Lipinski definition) is 3. The zero-order valence-corrected chi connectivity index (χ0v) is 16.7.